The molecule has 13 heavy (non-hydrogen) atoms. The molecule has 70 valence electrons. The van der Waals surface area contributed by atoms with E-state index in [0.29, 0.717) is 0 Å². The summed E-state index contributed by atoms with van der Waals surface area (Å²) in [5.74, 6) is -0.0922. The number of nitrogens with two attached hydrogens (primary N) is 1. The lowest BCUT2D eigenvalue weighted by Gasteiger charge is -2.07. The third-order valence-corrected chi connectivity index (χ3v) is 1.49. The Bertz CT molecular complexity index is 305. The summed E-state index contributed by atoms with van der Waals surface area (Å²) in [7, 11) is 1.23. The van der Waals surface area contributed by atoms with Crippen molar-refractivity contribution in [1.82, 2.24) is 0 Å². The van der Waals surface area contributed by atoms with Crippen LogP contribution in [0.4, 0.5) is 16.2 Å². The van der Waals surface area contributed by atoms with Crippen LogP contribution >= 0.6 is 0 Å². The molecule has 0 aromatic heterocycles. The van der Waals surface area contributed by atoms with Crippen LogP contribution in [0.15, 0.2) is 18.2 Å². The molecule has 0 spiro atoms. The molecule has 0 radical (unpaired) electrons. The summed E-state index contributed by atoms with van der Waals surface area (Å²) in [5.41, 5.74) is 5.94. The second-order valence-corrected chi connectivity index (χ2v) is 2.36. The molecule has 0 aliphatic carbocycles. The molecule has 0 saturated heterocycles. The Hall–Kier alpha value is -1.91. The normalized spacial score (nSPS) is 9.31. The molecule has 0 atom stereocenters. The number of amides is 1. The summed E-state index contributed by atoms with van der Waals surface area (Å²) in [5, 5.41) is 11.6. The molecule has 1 rings (SSSR count). The molecule has 5 nitrogen and oxygen atoms in total. The van der Waals surface area contributed by atoms with Crippen LogP contribution in [-0.2, 0) is 4.74 Å². The van der Waals surface area contributed by atoms with Crippen LogP contribution in [0.5, 0.6) is 5.75 Å². The highest BCUT2D eigenvalue weighted by Crippen LogP contribution is 2.28. The lowest BCUT2D eigenvalue weighted by Crippen LogP contribution is -2.12. The van der Waals surface area contributed by atoms with Gasteiger partial charge in [0.1, 0.15) is 11.4 Å². The van der Waals surface area contributed by atoms with Gasteiger partial charge in [-0.25, -0.2) is 4.79 Å². The van der Waals surface area contributed by atoms with Gasteiger partial charge in [-0.15, -0.1) is 0 Å². The molecular weight excluding hydrogens is 172 g/mol. The van der Waals surface area contributed by atoms with Crippen molar-refractivity contribution in [1.29, 1.82) is 0 Å². The summed E-state index contributed by atoms with van der Waals surface area (Å²) in [4.78, 5) is 10.8. The summed E-state index contributed by atoms with van der Waals surface area (Å²) < 4.78 is 4.35. The van der Waals surface area contributed by atoms with E-state index in [1.54, 1.807) is 12.1 Å². The topological polar surface area (TPSA) is 84.6 Å². The van der Waals surface area contributed by atoms with Gasteiger partial charge >= 0.3 is 6.09 Å². The van der Waals surface area contributed by atoms with E-state index in [2.05, 4.69) is 10.1 Å². The van der Waals surface area contributed by atoms with Crippen molar-refractivity contribution in [2.45, 2.75) is 0 Å². The second kappa shape index (κ2) is 3.66. The molecule has 0 unspecified atom stereocenters. The SMILES string of the molecule is COC(=O)Nc1c(N)cccc1O. The Morgan fingerprint density at radius 1 is 1.62 bits per heavy atom. The molecule has 1 aromatic carbocycles. The zero-order chi connectivity index (χ0) is 9.84. The summed E-state index contributed by atoms with van der Waals surface area (Å²) in [6.45, 7) is 0. The van der Waals surface area contributed by atoms with Crippen molar-refractivity contribution in [3.05, 3.63) is 18.2 Å². The van der Waals surface area contributed by atoms with Crippen LogP contribution in [-0.4, -0.2) is 18.3 Å². The van der Waals surface area contributed by atoms with Crippen LogP contribution in [0.1, 0.15) is 0 Å². The molecule has 1 aromatic rings. The fraction of sp³-hybridized carbons (Fsp3) is 0.125. The number of hydrogen-bond donors (Lipinski definition) is 3. The highest BCUT2D eigenvalue weighted by molar-refractivity contribution is 5.91. The minimum Gasteiger partial charge on any atom is -0.506 e. The number of benzene rings is 1. The van der Waals surface area contributed by atoms with E-state index >= 15 is 0 Å². The number of rotatable bonds is 1. The summed E-state index contributed by atoms with van der Waals surface area (Å²) in [6.07, 6.45) is -0.673. The molecule has 5 heteroatoms. The number of carbonyl (C=O) groups excluding carboxylic acids is 1. The van der Waals surface area contributed by atoms with E-state index in [4.69, 9.17) is 5.73 Å². The third-order valence-electron chi connectivity index (χ3n) is 1.49. The number of anilines is 2. The van der Waals surface area contributed by atoms with E-state index < -0.39 is 6.09 Å². The predicted octanol–water partition coefficient (Wildman–Crippen LogP) is 1.15. The molecule has 0 aliphatic rings. The molecule has 1 amide bonds. The van der Waals surface area contributed by atoms with Gasteiger partial charge in [-0.2, -0.15) is 0 Å². The number of hydrogen-bond acceptors (Lipinski definition) is 4. The van der Waals surface area contributed by atoms with Gasteiger partial charge in [0.05, 0.1) is 12.8 Å². The third kappa shape index (κ3) is 2.02. The van der Waals surface area contributed by atoms with Gasteiger partial charge in [0.25, 0.3) is 0 Å². The average molecular weight is 182 g/mol. The fourth-order valence-electron chi connectivity index (χ4n) is 0.847. The number of ether oxygens (including phenoxy) is 1. The predicted molar refractivity (Wildman–Crippen MR) is 48.5 cm³/mol. The number of para-hydroxylation sites is 1. The van der Waals surface area contributed by atoms with E-state index in [1.807, 2.05) is 0 Å². The lowest BCUT2D eigenvalue weighted by molar-refractivity contribution is 0.187. The Morgan fingerprint density at radius 3 is 2.85 bits per heavy atom. The highest BCUT2D eigenvalue weighted by Gasteiger charge is 2.08. The van der Waals surface area contributed by atoms with Crippen molar-refractivity contribution in [3.8, 4) is 5.75 Å². The highest BCUT2D eigenvalue weighted by atomic mass is 16.5. The first-order valence-corrected chi connectivity index (χ1v) is 3.57. The van der Waals surface area contributed by atoms with Crippen molar-refractivity contribution < 1.29 is 14.6 Å². The smallest absolute Gasteiger partial charge is 0.411 e. The number of aromatic hydroxyl groups is 1. The minimum atomic E-state index is -0.673. The first kappa shape index (κ1) is 9.18. The van der Waals surface area contributed by atoms with Crippen LogP contribution in [0, 0.1) is 0 Å². The van der Waals surface area contributed by atoms with Gasteiger partial charge < -0.3 is 15.6 Å². The standard InChI is InChI=1S/C8H10N2O3/c1-13-8(12)10-7-5(9)3-2-4-6(7)11/h2-4,11H,9H2,1H3,(H,10,12). The maximum atomic E-state index is 10.8. The maximum absolute atomic E-state index is 10.8. The fourth-order valence-corrected chi connectivity index (χ4v) is 0.847. The van der Waals surface area contributed by atoms with Crippen molar-refractivity contribution in [2.75, 3.05) is 18.2 Å². The molecule has 4 N–H and O–H groups in total. The first-order valence-electron chi connectivity index (χ1n) is 3.57. The largest absolute Gasteiger partial charge is 0.506 e. The maximum Gasteiger partial charge on any atom is 0.411 e. The van der Waals surface area contributed by atoms with Crippen molar-refractivity contribution >= 4 is 17.5 Å². The van der Waals surface area contributed by atoms with E-state index in [1.165, 1.54) is 13.2 Å². The molecule has 0 fully saturated rings. The number of nitrogens with one attached hydrogen (secondary N) is 1. The van der Waals surface area contributed by atoms with Gasteiger partial charge in [0, 0.05) is 0 Å². The van der Waals surface area contributed by atoms with Crippen molar-refractivity contribution in [2.24, 2.45) is 0 Å². The number of nitrogen functional groups attached to an aromatic ring is 1. The Morgan fingerprint density at radius 2 is 2.31 bits per heavy atom. The monoisotopic (exact) mass is 182 g/mol. The van der Waals surface area contributed by atoms with Gasteiger partial charge in [-0.3, -0.25) is 5.32 Å². The van der Waals surface area contributed by atoms with Gasteiger partial charge in [-0.1, -0.05) is 6.07 Å². The van der Waals surface area contributed by atoms with Gasteiger partial charge in [0.2, 0.25) is 0 Å². The Kier molecular flexibility index (Phi) is 2.59. The summed E-state index contributed by atoms with van der Waals surface area (Å²) in [6, 6.07) is 4.56. The van der Waals surface area contributed by atoms with E-state index in [0.717, 1.165) is 0 Å². The van der Waals surface area contributed by atoms with Crippen LogP contribution in [0.25, 0.3) is 0 Å². The first-order chi connectivity index (χ1) is 6.15. The summed E-state index contributed by atoms with van der Waals surface area (Å²) >= 11 is 0. The number of phenols is 1. The van der Waals surface area contributed by atoms with E-state index in [-0.39, 0.29) is 17.1 Å². The number of carbonyl (C=O) groups is 1. The quantitative estimate of drug-likeness (QED) is 0.449. The number of methoxy groups -OCH3 is 1. The zero-order valence-electron chi connectivity index (χ0n) is 7.07. The molecule has 0 saturated carbocycles. The van der Waals surface area contributed by atoms with E-state index in [9.17, 15) is 9.90 Å². The van der Waals surface area contributed by atoms with Crippen LogP contribution < -0.4 is 11.1 Å². The van der Waals surface area contributed by atoms with Gasteiger partial charge in [-0.05, 0) is 12.1 Å². The minimum absolute atomic E-state index is 0.0922. The number of phenolic OH excluding ortho intramolecular Hbond substituents is 1. The molecular formula is C8H10N2O3. The Balaban J connectivity index is 2.93. The lowest BCUT2D eigenvalue weighted by atomic mass is 10.2. The van der Waals surface area contributed by atoms with Crippen molar-refractivity contribution in [3.63, 3.8) is 0 Å². The zero-order valence-corrected chi connectivity index (χ0v) is 7.07. The molecule has 0 aliphatic heterocycles. The Labute approximate surface area is 75.1 Å². The van der Waals surface area contributed by atoms with Crippen LogP contribution in [0.2, 0.25) is 0 Å². The molecule has 0 bridgehead atoms. The molecule has 0 heterocycles. The average Bonchev–Trinajstić information content (AvgIpc) is 2.11. The van der Waals surface area contributed by atoms with Crippen LogP contribution in [0.3, 0.4) is 0 Å². The van der Waals surface area contributed by atoms with Gasteiger partial charge in [0.15, 0.2) is 0 Å². The second-order valence-electron chi connectivity index (χ2n) is 2.36.